The lowest BCUT2D eigenvalue weighted by molar-refractivity contribution is 0.402. The lowest BCUT2D eigenvalue weighted by Crippen LogP contribution is -2.21. The van der Waals surface area contributed by atoms with Crippen molar-refractivity contribution in [3.63, 3.8) is 0 Å². The molecule has 5 nitrogen and oxygen atoms in total. The van der Waals surface area contributed by atoms with E-state index in [-0.39, 0.29) is 11.3 Å². The number of rotatable bonds is 3. The molecule has 0 aliphatic heterocycles. The Bertz CT molecular complexity index is 603. The van der Waals surface area contributed by atoms with Crippen molar-refractivity contribution < 1.29 is 9.47 Å². The fourth-order valence-electron chi connectivity index (χ4n) is 1.69. The Balaban J connectivity index is 2.56. The maximum atomic E-state index is 11.9. The first kappa shape index (κ1) is 12.2. The van der Waals surface area contributed by atoms with E-state index < -0.39 is 0 Å². The zero-order valence-electron chi connectivity index (χ0n) is 10.5. The molecule has 2 aromatic rings. The van der Waals surface area contributed by atoms with Gasteiger partial charge in [0.1, 0.15) is 5.75 Å². The molecule has 0 saturated heterocycles. The van der Waals surface area contributed by atoms with Crippen LogP contribution in [0.25, 0.3) is 11.1 Å². The zero-order valence-corrected chi connectivity index (χ0v) is 10.5. The molecule has 0 atom stereocenters. The predicted octanol–water partition coefficient (Wildman–Crippen LogP) is 1.46. The van der Waals surface area contributed by atoms with E-state index in [0.29, 0.717) is 5.56 Å². The maximum Gasteiger partial charge on any atom is 0.309 e. The molecule has 0 N–H and O–H groups in total. The quantitative estimate of drug-likeness (QED) is 0.822. The highest BCUT2D eigenvalue weighted by atomic mass is 16.5. The molecule has 94 valence electrons. The average Bonchev–Trinajstić information content (AvgIpc) is 2.42. The van der Waals surface area contributed by atoms with E-state index in [4.69, 9.17) is 9.47 Å². The Hall–Kier alpha value is -2.30. The summed E-state index contributed by atoms with van der Waals surface area (Å²) in [7, 11) is 4.67. The number of nitrogens with zero attached hydrogens (tertiary/aromatic N) is 2. The summed E-state index contributed by atoms with van der Waals surface area (Å²) in [5.41, 5.74) is 1.27. The zero-order chi connectivity index (χ0) is 13.1. The standard InChI is InChI=1S/C13H14N2O3/c1-15-13(16)12(18-3)11(8-14-15)9-4-6-10(17-2)7-5-9/h4-8H,1-3H3. The third kappa shape index (κ3) is 2.07. The summed E-state index contributed by atoms with van der Waals surface area (Å²) in [4.78, 5) is 11.9. The lowest BCUT2D eigenvalue weighted by atomic mass is 10.1. The van der Waals surface area contributed by atoms with E-state index in [1.807, 2.05) is 24.3 Å². The summed E-state index contributed by atoms with van der Waals surface area (Å²) in [6.07, 6.45) is 1.61. The summed E-state index contributed by atoms with van der Waals surface area (Å²) >= 11 is 0. The number of benzene rings is 1. The Labute approximate surface area is 105 Å². The predicted molar refractivity (Wildman–Crippen MR) is 68.0 cm³/mol. The fourth-order valence-corrected chi connectivity index (χ4v) is 1.69. The van der Waals surface area contributed by atoms with Crippen molar-refractivity contribution in [3.05, 3.63) is 40.8 Å². The lowest BCUT2D eigenvalue weighted by Gasteiger charge is -2.09. The smallest absolute Gasteiger partial charge is 0.309 e. The van der Waals surface area contributed by atoms with Crippen molar-refractivity contribution in [3.8, 4) is 22.6 Å². The molecule has 0 aliphatic carbocycles. The molecule has 0 bridgehead atoms. The Morgan fingerprint density at radius 1 is 1.11 bits per heavy atom. The first-order valence-corrected chi connectivity index (χ1v) is 5.42. The minimum Gasteiger partial charge on any atom is -0.497 e. The van der Waals surface area contributed by atoms with Gasteiger partial charge in [-0.2, -0.15) is 5.10 Å². The molecule has 1 aromatic heterocycles. The molecule has 0 aliphatic rings. The summed E-state index contributed by atoms with van der Waals surface area (Å²) in [5.74, 6) is 1.05. The van der Waals surface area contributed by atoms with Crippen molar-refractivity contribution >= 4 is 0 Å². The van der Waals surface area contributed by atoms with Gasteiger partial charge in [0.05, 0.1) is 20.4 Å². The second-order valence-corrected chi connectivity index (χ2v) is 3.75. The van der Waals surface area contributed by atoms with E-state index in [1.165, 1.54) is 11.8 Å². The summed E-state index contributed by atoms with van der Waals surface area (Å²) in [6.45, 7) is 0. The highest BCUT2D eigenvalue weighted by molar-refractivity contribution is 5.69. The average molecular weight is 246 g/mol. The van der Waals surface area contributed by atoms with E-state index in [2.05, 4.69) is 5.10 Å². The molecule has 1 heterocycles. The van der Waals surface area contributed by atoms with E-state index >= 15 is 0 Å². The van der Waals surface area contributed by atoms with Crippen molar-refractivity contribution in [2.24, 2.45) is 7.05 Å². The van der Waals surface area contributed by atoms with Gasteiger partial charge in [-0.15, -0.1) is 0 Å². The normalized spacial score (nSPS) is 10.2. The molecule has 2 rings (SSSR count). The molecule has 0 amide bonds. The second kappa shape index (κ2) is 4.91. The highest BCUT2D eigenvalue weighted by Gasteiger charge is 2.11. The van der Waals surface area contributed by atoms with Crippen molar-refractivity contribution in [2.75, 3.05) is 14.2 Å². The van der Waals surface area contributed by atoms with Crippen LogP contribution in [0.15, 0.2) is 35.3 Å². The number of hydrogen-bond donors (Lipinski definition) is 0. The van der Waals surface area contributed by atoms with Gasteiger partial charge in [0.15, 0.2) is 5.75 Å². The molecule has 0 saturated carbocycles. The maximum absolute atomic E-state index is 11.9. The van der Waals surface area contributed by atoms with Gasteiger partial charge in [-0.3, -0.25) is 4.79 Å². The van der Waals surface area contributed by atoms with Gasteiger partial charge in [-0.25, -0.2) is 4.68 Å². The highest BCUT2D eigenvalue weighted by Crippen LogP contribution is 2.27. The van der Waals surface area contributed by atoms with Crippen molar-refractivity contribution in [1.29, 1.82) is 0 Å². The topological polar surface area (TPSA) is 53.4 Å². The third-order valence-electron chi connectivity index (χ3n) is 2.70. The molecule has 0 fully saturated rings. The first-order valence-electron chi connectivity index (χ1n) is 5.42. The van der Waals surface area contributed by atoms with Gasteiger partial charge in [0.2, 0.25) is 0 Å². The van der Waals surface area contributed by atoms with E-state index in [9.17, 15) is 4.79 Å². The molecule has 0 radical (unpaired) electrons. The van der Waals surface area contributed by atoms with Crippen LogP contribution in [0.2, 0.25) is 0 Å². The molecular weight excluding hydrogens is 232 g/mol. The Kier molecular flexibility index (Phi) is 3.32. The van der Waals surface area contributed by atoms with Gasteiger partial charge in [0, 0.05) is 12.6 Å². The molecule has 18 heavy (non-hydrogen) atoms. The van der Waals surface area contributed by atoms with Crippen LogP contribution in [-0.2, 0) is 7.05 Å². The van der Waals surface area contributed by atoms with Crippen LogP contribution < -0.4 is 15.0 Å². The number of ether oxygens (including phenoxy) is 2. The van der Waals surface area contributed by atoms with Crippen molar-refractivity contribution in [1.82, 2.24) is 9.78 Å². The summed E-state index contributed by atoms with van der Waals surface area (Å²) in [6, 6.07) is 7.37. The molecule has 0 spiro atoms. The SMILES string of the molecule is COc1ccc(-c2cnn(C)c(=O)c2OC)cc1. The van der Waals surface area contributed by atoms with Crippen LogP contribution in [0.5, 0.6) is 11.5 Å². The summed E-state index contributed by atoms with van der Waals surface area (Å²) in [5, 5.41) is 4.00. The molecule has 5 heteroatoms. The molecule has 0 unspecified atom stereocenters. The fraction of sp³-hybridized carbons (Fsp3) is 0.231. The number of methoxy groups -OCH3 is 2. The van der Waals surface area contributed by atoms with Crippen LogP contribution in [0.1, 0.15) is 0 Å². The first-order chi connectivity index (χ1) is 8.67. The monoisotopic (exact) mass is 246 g/mol. The van der Waals surface area contributed by atoms with Gasteiger partial charge in [-0.05, 0) is 17.7 Å². The minimum atomic E-state index is -0.259. The van der Waals surface area contributed by atoms with Crippen LogP contribution in [0.4, 0.5) is 0 Å². The molecule has 1 aromatic carbocycles. The van der Waals surface area contributed by atoms with Crippen LogP contribution >= 0.6 is 0 Å². The van der Waals surface area contributed by atoms with Gasteiger partial charge in [-0.1, -0.05) is 12.1 Å². The minimum absolute atomic E-state index is 0.259. The van der Waals surface area contributed by atoms with Crippen molar-refractivity contribution in [2.45, 2.75) is 0 Å². The van der Waals surface area contributed by atoms with Crippen LogP contribution in [0.3, 0.4) is 0 Å². The molecular formula is C13H14N2O3. The van der Waals surface area contributed by atoms with Crippen LogP contribution in [-0.4, -0.2) is 24.0 Å². The number of aryl methyl sites for hydroxylation is 1. The number of aromatic nitrogens is 2. The summed E-state index contributed by atoms with van der Waals surface area (Å²) < 4.78 is 11.5. The number of hydrogen-bond acceptors (Lipinski definition) is 4. The third-order valence-corrected chi connectivity index (χ3v) is 2.70. The van der Waals surface area contributed by atoms with Crippen LogP contribution in [0, 0.1) is 0 Å². The van der Waals surface area contributed by atoms with E-state index in [1.54, 1.807) is 20.4 Å². The second-order valence-electron chi connectivity index (χ2n) is 3.75. The largest absolute Gasteiger partial charge is 0.497 e. The Morgan fingerprint density at radius 3 is 2.33 bits per heavy atom. The van der Waals surface area contributed by atoms with Gasteiger partial charge < -0.3 is 9.47 Å². The Morgan fingerprint density at radius 2 is 1.78 bits per heavy atom. The van der Waals surface area contributed by atoms with Gasteiger partial charge >= 0.3 is 5.56 Å². The van der Waals surface area contributed by atoms with Gasteiger partial charge in [0.25, 0.3) is 0 Å². The van der Waals surface area contributed by atoms with E-state index in [0.717, 1.165) is 11.3 Å².